The van der Waals surface area contributed by atoms with E-state index in [0.717, 1.165) is 6.66 Å². The van der Waals surface area contributed by atoms with Crippen molar-refractivity contribution in [2.75, 3.05) is 13.2 Å². The minimum atomic E-state index is -3.46. The highest BCUT2D eigenvalue weighted by Gasteiger charge is 2.32. The summed E-state index contributed by atoms with van der Waals surface area (Å²) in [5, 5.41) is 0. The molecule has 4 nitrogen and oxygen atoms in total. The van der Waals surface area contributed by atoms with Crippen LogP contribution in [0.4, 0.5) is 0 Å². The zero-order valence-electron chi connectivity index (χ0n) is 11.1. The van der Waals surface area contributed by atoms with Crippen molar-refractivity contribution in [3.8, 4) is 0 Å². The molecule has 0 amide bonds. The SMILES string of the molecule is CC.[3H][C@@H]1C[C@H](C)[C@@H]([C@@H](C)OP(C)(=O)O)O1. The van der Waals surface area contributed by atoms with Crippen LogP contribution in [0, 0.1) is 5.92 Å². The summed E-state index contributed by atoms with van der Waals surface area (Å²) in [5.74, 6) is 0.194. The molecule has 5 heteroatoms. The maximum atomic E-state index is 11.0. The largest absolute Gasteiger partial charge is 0.375 e. The second-order valence-corrected chi connectivity index (χ2v) is 5.41. The van der Waals surface area contributed by atoms with Gasteiger partial charge in [0.25, 0.3) is 0 Å². The quantitative estimate of drug-likeness (QED) is 0.770. The van der Waals surface area contributed by atoms with Crippen molar-refractivity contribution in [1.82, 2.24) is 0 Å². The molecule has 1 N–H and O–H groups in total. The smallest absolute Gasteiger partial charge is 0.325 e. The zero-order chi connectivity index (χ0) is 12.9. The first-order valence-electron chi connectivity index (χ1n) is 5.93. The lowest BCUT2D eigenvalue weighted by atomic mass is 10.0. The summed E-state index contributed by atoms with van der Waals surface area (Å²) in [7, 11) is -3.46. The Morgan fingerprint density at radius 2 is 2.20 bits per heavy atom. The Bertz CT molecular complexity index is 243. The van der Waals surface area contributed by atoms with Gasteiger partial charge in [0.1, 0.15) is 0 Å². The van der Waals surface area contributed by atoms with E-state index in [1.54, 1.807) is 6.92 Å². The predicted molar refractivity (Wildman–Crippen MR) is 61.2 cm³/mol. The molecule has 0 aromatic carbocycles. The molecule has 0 saturated carbocycles. The van der Waals surface area contributed by atoms with E-state index in [1.807, 2.05) is 20.8 Å². The molecule has 0 aromatic rings. The standard InChI is InChI=1S/C8H17O4P.C2H6/c1-6-4-5-11-8(6)7(2)12-13(3,9)10;1-2/h6-8H,4-5H2,1-3H3,(H,9,10);1-2H3/t6-,7+,8-;/m0./s1/i5T;/t5-,6+,7-,8+;/m1.. The first kappa shape index (κ1) is 13.2. The first-order valence-corrected chi connectivity index (χ1v) is 7.38. The molecule has 0 radical (unpaired) electrons. The Morgan fingerprint density at radius 3 is 2.53 bits per heavy atom. The number of hydrogen-bond donors (Lipinski definition) is 1. The molecule has 1 rings (SSSR count). The Balaban J connectivity index is 0.00000106. The van der Waals surface area contributed by atoms with Gasteiger partial charge in [0.05, 0.1) is 13.6 Å². The Kier molecular flexibility index (Phi) is 5.83. The van der Waals surface area contributed by atoms with Gasteiger partial charge in [-0.1, -0.05) is 20.8 Å². The van der Waals surface area contributed by atoms with Crippen molar-refractivity contribution >= 4 is 7.60 Å². The first-order chi connectivity index (χ1) is 7.29. The molecular formula is C10H23O4P. The van der Waals surface area contributed by atoms with Gasteiger partial charge in [0.15, 0.2) is 0 Å². The van der Waals surface area contributed by atoms with Crippen LogP contribution in [0.3, 0.4) is 0 Å². The fourth-order valence-corrected chi connectivity index (χ4v) is 2.27. The van der Waals surface area contributed by atoms with Gasteiger partial charge in [-0.05, 0) is 19.3 Å². The number of rotatable bonds is 3. The highest BCUT2D eigenvalue weighted by atomic mass is 31.2. The average Bonchev–Trinajstić information content (AvgIpc) is 2.46. The fourth-order valence-electron chi connectivity index (χ4n) is 1.53. The molecule has 0 bridgehead atoms. The summed E-state index contributed by atoms with van der Waals surface area (Å²) >= 11 is 0. The monoisotopic (exact) mass is 240 g/mol. The third-order valence-electron chi connectivity index (χ3n) is 2.11. The summed E-state index contributed by atoms with van der Waals surface area (Å²) in [5.41, 5.74) is 0. The summed E-state index contributed by atoms with van der Waals surface area (Å²) in [4.78, 5) is 9.03. The Labute approximate surface area is 93.9 Å². The second-order valence-electron chi connectivity index (χ2n) is 3.59. The Morgan fingerprint density at radius 1 is 1.67 bits per heavy atom. The van der Waals surface area contributed by atoms with E-state index < -0.39 is 20.3 Å². The van der Waals surface area contributed by atoms with Crippen LogP contribution in [-0.4, -0.2) is 30.3 Å². The predicted octanol–water partition coefficient (Wildman–Crippen LogP) is 2.66. The molecule has 92 valence electrons. The number of ether oxygens (including phenoxy) is 1. The second kappa shape index (κ2) is 6.64. The van der Waals surface area contributed by atoms with Gasteiger partial charge in [-0.2, -0.15) is 0 Å². The van der Waals surface area contributed by atoms with E-state index in [0.29, 0.717) is 6.42 Å². The molecule has 0 aromatic heterocycles. The van der Waals surface area contributed by atoms with Gasteiger partial charge in [0.2, 0.25) is 0 Å². The molecule has 1 fully saturated rings. The summed E-state index contributed by atoms with van der Waals surface area (Å²) < 4.78 is 28.6. The van der Waals surface area contributed by atoms with Gasteiger partial charge < -0.3 is 14.2 Å². The molecular weight excluding hydrogens is 215 g/mol. The van der Waals surface area contributed by atoms with Crippen LogP contribution in [0.2, 0.25) is 0 Å². The maximum Gasteiger partial charge on any atom is 0.325 e. The van der Waals surface area contributed by atoms with Crippen LogP contribution in [0.1, 0.15) is 35.5 Å². The fraction of sp³-hybridized carbons (Fsp3) is 1.00. The molecule has 0 aliphatic carbocycles. The highest BCUT2D eigenvalue weighted by molar-refractivity contribution is 7.51. The van der Waals surface area contributed by atoms with Crippen molar-refractivity contribution < 1.29 is 20.1 Å². The van der Waals surface area contributed by atoms with Gasteiger partial charge in [-0.3, -0.25) is 4.57 Å². The minimum absolute atomic E-state index is 0.194. The third-order valence-corrected chi connectivity index (χ3v) is 2.83. The highest BCUT2D eigenvalue weighted by Crippen LogP contribution is 2.40. The third kappa shape index (κ3) is 5.67. The minimum Gasteiger partial charge on any atom is -0.375 e. The summed E-state index contributed by atoms with van der Waals surface area (Å²) in [6, 6.07) is 0. The normalized spacial score (nSPS) is 37.2. The van der Waals surface area contributed by atoms with Crippen LogP contribution in [0.25, 0.3) is 0 Å². The molecule has 1 saturated heterocycles. The zero-order valence-corrected chi connectivity index (χ0v) is 11.0. The average molecular weight is 240 g/mol. The van der Waals surface area contributed by atoms with Crippen LogP contribution in [0.15, 0.2) is 0 Å². The van der Waals surface area contributed by atoms with Gasteiger partial charge >= 0.3 is 7.60 Å². The molecule has 1 unspecified atom stereocenters. The van der Waals surface area contributed by atoms with Gasteiger partial charge in [-0.25, -0.2) is 0 Å². The van der Waals surface area contributed by atoms with Crippen LogP contribution >= 0.6 is 7.60 Å². The number of hydrogen-bond acceptors (Lipinski definition) is 3. The van der Waals surface area contributed by atoms with Crippen LogP contribution < -0.4 is 0 Å². The van der Waals surface area contributed by atoms with Crippen molar-refractivity contribution in [3.63, 3.8) is 0 Å². The van der Waals surface area contributed by atoms with Crippen molar-refractivity contribution in [1.29, 1.82) is 0 Å². The van der Waals surface area contributed by atoms with Crippen molar-refractivity contribution in [2.24, 2.45) is 5.92 Å². The van der Waals surface area contributed by atoms with Gasteiger partial charge in [-0.15, -0.1) is 0 Å². The lowest BCUT2D eigenvalue weighted by Crippen LogP contribution is -2.29. The molecule has 1 aliphatic heterocycles. The van der Waals surface area contributed by atoms with Crippen LogP contribution in [-0.2, 0) is 13.8 Å². The lowest BCUT2D eigenvalue weighted by molar-refractivity contribution is 0.00202. The summed E-state index contributed by atoms with van der Waals surface area (Å²) in [6.45, 7) is 8.28. The van der Waals surface area contributed by atoms with E-state index in [9.17, 15) is 4.57 Å². The molecule has 0 spiro atoms. The molecule has 1 heterocycles. The topological polar surface area (TPSA) is 55.8 Å². The molecule has 15 heavy (non-hydrogen) atoms. The molecule has 5 atom stereocenters. The van der Waals surface area contributed by atoms with E-state index in [1.165, 1.54) is 0 Å². The van der Waals surface area contributed by atoms with E-state index in [-0.39, 0.29) is 12.0 Å². The van der Waals surface area contributed by atoms with E-state index in [4.69, 9.17) is 15.5 Å². The van der Waals surface area contributed by atoms with Gasteiger partial charge in [0, 0.05) is 13.2 Å². The van der Waals surface area contributed by atoms with Crippen LogP contribution in [0.5, 0.6) is 0 Å². The molecule has 1 aliphatic rings. The lowest BCUT2D eigenvalue weighted by Gasteiger charge is -2.23. The Hall–Kier alpha value is 0.110. The summed E-state index contributed by atoms with van der Waals surface area (Å²) in [6.07, 6.45) is -0.0447. The van der Waals surface area contributed by atoms with Crippen molar-refractivity contribution in [2.45, 2.75) is 46.3 Å². The van der Waals surface area contributed by atoms with Crippen molar-refractivity contribution in [3.05, 3.63) is 0 Å². The van der Waals surface area contributed by atoms with E-state index >= 15 is 0 Å². The maximum absolute atomic E-state index is 11.0. The van der Waals surface area contributed by atoms with E-state index in [2.05, 4.69) is 0 Å².